The summed E-state index contributed by atoms with van der Waals surface area (Å²) in [5, 5.41) is 25.5. The summed E-state index contributed by atoms with van der Waals surface area (Å²) in [5.74, 6) is 0. The average molecular weight is 325 g/mol. The fourth-order valence-corrected chi connectivity index (χ4v) is 2.19. The van der Waals surface area contributed by atoms with E-state index in [1.165, 1.54) is 12.1 Å². The van der Waals surface area contributed by atoms with Crippen LogP contribution in [0.1, 0.15) is 24.8 Å². The minimum Gasteiger partial charge on any atom is -0.317 e. The van der Waals surface area contributed by atoms with Crippen molar-refractivity contribution in [2.24, 2.45) is 5.73 Å². The zero-order valence-corrected chi connectivity index (χ0v) is 13.3. The number of benzene rings is 1. The standard InChI is InChI=1S/C15H27N5O3/c16-15(12-13-4-6-14(7-5-13)20(22)23)18-9-3-1-2-8-17-10-11-19-21/h4-7,15,17-19,21H,1-3,8-12,16H2. The molecule has 1 rings (SSSR count). The van der Waals surface area contributed by atoms with Crippen LogP contribution in [0.4, 0.5) is 5.69 Å². The quantitative estimate of drug-likeness (QED) is 0.157. The molecule has 1 aromatic rings. The first-order chi connectivity index (χ1) is 11.1. The maximum atomic E-state index is 10.6. The van der Waals surface area contributed by atoms with Crippen LogP contribution in [0.25, 0.3) is 0 Å². The third-order valence-corrected chi connectivity index (χ3v) is 3.45. The number of unbranched alkanes of at least 4 members (excludes halogenated alkanes) is 2. The van der Waals surface area contributed by atoms with Crippen molar-refractivity contribution in [1.82, 2.24) is 16.1 Å². The molecular formula is C15H27N5O3. The predicted molar refractivity (Wildman–Crippen MR) is 89.3 cm³/mol. The molecule has 0 aliphatic heterocycles. The number of nitro benzene ring substituents is 1. The molecule has 0 amide bonds. The molecule has 6 N–H and O–H groups in total. The molecule has 0 aliphatic rings. The van der Waals surface area contributed by atoms with Crippen molar-refractivity contribution in [3.63, 3.8) is 0 Å². The van der Waals surface area contributed by atoms with Gasteiger partial charge in [-0.2, -0.15) is 0 Å². The van der Waals surface area contributed by atoms with E-state index in [0.717, 1.165) is 44.5 Å². The lowest BCUT2D eigenvalue weighted by molar-refractivity contribution is -0.384. The van der Waals surface area contributed by atoms with E-state index in [1.54, 1.807) is 12.1 Å². The van der Waals surface area contributed by atoms with Gasteiger partial charge >= 0.3 is 0 Å². The number of nitrogens with two attached hydrogens (primary N) is 1. The Balaban J connectivity index is 2.06. The van der Waals surface area contributed by atoms with Crippen LogP contribution in [0.2, 0.25) is 0 Å². The lowest BCUT2D eigenvalue weighted by atomic mass is 10.1. The molecule has 1 aromatic carbocycles. The molecule has 8 nitrogen and oxygen atoms in total. The van der Waals surface area contributed by atoms with Crippen LogP contribution in [0.15, 0.2) is 24.3 Å². The Morgan fingerprint density at radius 1 is 1.09 bits per heavy atom. The van der Waals surface area contributed by atoms with Crippen LogP contribution in [-0.2, 0) is 6.42 Å². The van der Waals surface area contributed by atoms with Crippen LogP contribution in [-0.4, -0.2) is 42.5 Å². The van der Waals surface area contributed by atoms with E-state index in [4.69, 9.17) is 10.9 Å². The topological polar surface area (TPSA) is 125 Å². The molecule has 0 saturated carbocycles. The Hall–Kier alpha value is -1.58. The van der Waals surface area contributed by atoms with Gasteiger partial charge in [0, 0.05) is 31.6 Å². The molecule has 0 spiro atoms. The number of nitrogens with zero attached hydrogens (tertiary/aromatic N) is 1. The summed E-state index contributed by atoms with van der Waals surface area (Å²) in [7, 11) is 0. The zero-order chi connectivity index (χ0) is 16.9. The van der Waals surface area contributed by atoms with Gasteiger partial charge in [-0.05, 0) is 31.5 Å². The highest BCUT2D eigenvalue weighted by atomic mass is 16.6. The molecule has 1 unspecified atom stereocenters. The van der Waals surface area contributed by atoms with Crippen molar-refractivity contribution in [3.05, 3.63) is 39.9 Å². The maximum absolute atomic E-state index is 10.6. The average Bonchev–Trinajstić information content (AvgIpc) is 2.54. The maximum Gasteiger partial charge on any atom is 0.269 e. The first kappa shape index (κ1) is 19.5. The molecule has 0 aliphatic carbocycles. The van der Waals surface area contributed by atoms with Gasteiger partial charge in [0.2, 0.25) is 0 Å². The Kier molecular flexibility index (Phi) is 10.1. The summed E-state index contributed by atoms with van der Waals surface area (Å²) in [5.41, 5.74) is 9.19. The first-order valence-electron chi connectivity index (χ1n) is 7.93. The number of nitro groups is 1. The summed E-state index contributed by atoms with van der Waals surface area (Å²) in [4.78, 5) is 10.2. The van der Waals surface area contributed by atoms with Gasteiger partial charge in [0.15, 0.2) is 0 Å². The number of hydroxylamine groups is 1. The molecule has 0 aromatic heterocycles. The molecular weight excluding hydrogens is 298 g/mol. The lowest BCUT2D eigenvalue weighted by Crippen LogP contribution is -2.39. The van der Waals surface area contributed by atoms with Gasteiger partial charge in [-0.1, -0.05) is 18.6 Å². The molecule has 0 heterocycles. The molecule has 0 bridgehead atoms. The number of hydrogen-bond donors (Lipinski definition) is 5. The zero-order valence-electron chi connectivity index (χ0n) is 13.3. The summed E-state index contributed by atoms with van der Waals surface area (Å²) >= 11 is 0. The summed E-state index contributed by atoms with van der Waals surface area (Å²) in [6, 6.07) is 6.49. The summed E-state index contributed by atoms with van der Waals surface area (Å²) < 4.78 is 0. The molecule has 8 heteroatoms. The SMILES string of the molecule is NC(Cc1ccc([N+](=O)[O-])cc1)NCCCCCNCCNO. The van der Waals surface area contributed by atoms with Crippen LogP contribution < -0.4 is 21.8 Å². The molecule has 0 saturated heterocycles. The van der Waals surface area contributed by atoms with Gasteiger partial charge in [0.1, 0.15) is 0 Å². The second kappa shape index (κ2) is 11.9. The van der Waals surface area contributed by atoms with Gasteiger partial charge in [0.05, 0.1) is 11.1 Å². The third kappa shape index (κ3) is 9.22. The fraction of sp³-hybridized carbons (Fsp3) is 0.600. The normalized spacial score (nSPS) is 12.3. The Morgan fingerprint density at radius 2 is 1.78 bits per heavy atom. The van der Waals surface area contributed by atoms with Crippen molar-refractivity contribution in [3.8, 4) is 0 Å². The Labute approximate surface area is 136 Å². The van der Waals surface area contributed by atoms with Crippen molar-refractivity contribution in [2.75, 3.05) is 26.2 Å². The Morgan fingerprint density at radius 3 is 2.43 bits per heavy atom. The monoisotopic (exact) mass is 325 g/mol. The third-order valence-electron chi connectivity index (χ3n) is 3.45. The second-order valence-electron chi connectivity index (χ2n) is 5.41. The van der Waals surface area contributed by atoms with Crippen LogP contribution in [0.3, 0.4) is 0 Å². The largest absolute Gasteiger partial charge is 0.317 e. The van der Waals surface area contributed by atoms with Gasteiger partial charge in [-0.15, -0.1) is 0 Å². The van der Waals surface area contributed by atoms with Gasteiger partial charge in [0.25, 0.3) is 5.69 Å². The highest BCUT2D eigenvalue weighted by Gasteiger charge is 2.06. The highest BCUT2D eigenvalue weighted by Crippen LogP contribution is 2.12. The predicted octanol–water partition coefficient (Wildman–Crippen LogP) is 0.750. The fourth-order valence-electron chi connectivity index (χ4n) is 2.19. The first-order valence-corrected chi connectivity index (χ1v) is 7.93. The van der Waals surface area contributed by atoms with E-state index in [9.17, 15) is 10.1 Å². The molecule has 1 atom stereocenters. The smallest absolute Gasteiger partial charge is 0.269 e. The van der Waals surface area contributed by atoms with E-state index >= 15 is 0 Å². The van der Waals surface area contributed by atoms with Crippen molar-refractivity contribution in [2.45, 2.75) is 31.8 Å². The van der Waals surface area contributed by atoms with E-state index < -0.39 is 4.92 Å². The van der Waals surface area contributed by atoms with E-state index in [0.29, 0.717) is 13.0 Å². The number of hydrogen-bond acceptors (Lipinski definition) is 7. The highest BCUT2D eigenvalue weighted by molar-refractivity contribution is 5.33. The molecule has 23 heavy (non-hydrogen) atoms. The number of nitrogens with one attached hydrogen (secondary N) is 3. The van der Waals surface area contributed by atoms with E-state index in [2.05, 4.69) is 16.1 Å². The molecule has 130 valence electrons. The van der Waals surface area contributed by atoms with Crippen molar-refractivity contribution in [1.29, 1.82) is 0 Å². The van der Waals surface area contributed by atoms with Crippen molar-refractivity contribution >= 4 is 5.69 Å². The second-order valence-corrected chi connectivity index (χ2v) is 5.41. The van der Waals surface area contributed by atoms with Crippen LogP contribution in [0.5, 0.6) is 0 Å². The lowest BCUT2D eigenvalue weighted by Gasteiger charge is -2.14. The van der Waals surface area contributed by atoms with Gasteiger partial charge in [-0.3, -0.25) is 10.1 Å². The van der Waals surface area contributed by atoms with Crippen LogP contribution >= 0.6 is 0 Å². The van der Waals surface area contributed by atoms with Gasteiger partial charge in [-0.25, -0.2) is 5.48 Å². The van der Waals surface area contributed by atoms with E-state index in [1.807, 2.05) is 0 Å². The minimum absolute atomic E-state index is 0.0960. The van der Waals surface area contributed by atoms with Crippen molar-refractivity contribution < 1.29 is 10.1 Å². The van der Waals surface area contributed by atoms with Gasteiger partial charge < -0.3 is 21.6 Å². The molecule has 0 radical (unpaired) electrons. The number of rotatable bonds is 13. The molecule has 0 fully saturated rings. The number of non-ortho nitro benzene ring substituents is 1. The van der Waals surface area contributed by atoms with E-state index in [-0.39, 0.29) is 11.9 Å². The minimum atomic E-state index is -0.406. The summed E-state index contributed by atoms with van der Waals surface area (Å²) in [6.45, 7) is 3.11. The van der Waals surface area contributed by atoms with Crippen LogP contribution in [0, 0.1) is 10.1 Å². The Bertz CT molecular complexity index is 441. The summed E-state index contributed by atoms with van der Waals surface area (Å²) in [6.07, 6.45) is 3.74.